The van der Waals surface area contributed by atoms with Crippen molar-refractivity contribution in [1.82, 2.24) is 4.57 Å². The van der Waals surface area contributed by atoms with Crippen molar-refractivity contribution in [3.05, 3.63) is 28.0 Å². The Morgan fingerprint density at radius 2 is 1.95 bits per heavy atom. The molecule has 0 bridgehead atoms. The Hall–Kier alpha value is -1.76. The van der Waals surface area contributed by atoms with Crippen LogP contribution >= 0.6 is 11.8 Å². The number of hydrogen-bond acceptors (Lipinski definition) is 6. The second-order valence-electron chi connectivity index (χ2n) is 4.97. The van der Waals surface area contributed by atoms with E-state index < -0.39 is 18.0 Å². The van der Waals surface area contributed by atoms with Gasteiger partial charge in [0.1, 0.15) is 6.04 Å². The maximum Gasteiger partial charge on any atom is 0.340 e. The Bertz CT molecular complexity index is 639. The monoisotopic (exact) mass is 325 g/mol. The van der Waals surface area contributed by atoms with Crippen LogP contribution in [0.2, 0.25) is 0 Å². The second kappa shape index (κ2) is 7.00. The van der Waals surface area contributed by atoms with Crippen LogP contribution in [-0.2, 0) is 14.3 Å². The van der Waals surface area contributed by atoms with E-state index in [0.717, 1.165) is 0 Å². The summed E-state index contributed by atoms with van der Waals surface area (Å²) in [6, 6.07) is 2.04. The number of carbonyl (C=O) groups is 2. The molecule has 7 heteroatoms. The van der Waals surface area contributed by atoms with Crippen LogP contribution in [0.1, 0.15) is 37.2 Å². The average molecular weight is 325 g/mol. The summed E-state index contributed by atoms with van der Waals surface area (Å²) >= 11 is 1.39. The Morgan fingerprint density at radius 3 is 2.59 bits per heavy atom. The SMILES string of the molecule is CCOC(=O)c1ccc(=O)n2c1SC[C@@H](C)[C@H]2C(=O)OCC. The third-order valence-electron chi connectivity index (χ3n) is 3.40. The van der Waals surface area contributed by atoms with Crippen molar-refractivity contribution in [2.45, 2.75) is 31.8 Å². The molecule has 0 N–H and O–H groups in total. The zero-order chi connectivity index (χ0) is 16.3. The second-order valence-corrected chi connectivity index (χ2v) is 5.97. The van der Waals surface area contributed by atoms with Crippen molar-refractivity contribution in [3.8, 4) is 0 Å². The van der Waals surface area contributed by atoms with Crippen LogP contribution in [0.5, 0.6) is 0 Å². The summed E-state index contributed by atoms with van der Waals surface area (Å²) in [7, 11) is 0. The van der Waals surface area contributed by atoms with Gasteiger partial charge in [0.15, 0.2) is 0 Å². The number of hydrogen-bond donors (Lipinski definition) is 0. The van der Waals surface area contributed by atoms with E-state index in [0.29, 0.717) is 16.3 Å². The van der Waals surface area contributed by atoms with Crippen molar-refractivity contribution in [2.75, 3.05) is 19.0 Å². The Kier molecular flexibility index (Phi) is 5.28. The molecule has 0 saturated carbocycles. The molecule has 2 rings (SSSR count). The summed E-state index contributed by atoms with van der Waals surface area (Å²) in [4.78, 5) is 36.5. The summed E-state index contributed by atoms with van der Waals surface area (Å²) in [6.07, 6.45) is 0. The summed E-state index contributed by atoms with van der Waals surface area (Å²) in [5, 5.41) is 0.474. The lowest BCUT2D eigenvalue weighted by Gasteiger charge is -2.31. The maximum atomic E-state index is 12.3. The lowest BCUT2D eigenvalue weighted by atomic mass is 10.0. The Balaban J connectivity index is 2.55. The van der Waals surface area contributed by atoms with Gasteiger partial charge < -0.3 is 9.47 Å². The molecule has 0 saturated heterocycles. The Morgan fingerprint density at radius 1 is 1.27 bits per heavy atom. The quantitative estimate of drug-likeness (QED) is 0.787. The van der Waals surface area contributed by atoms with Gasteiger partial charge in [0.25, 0.3) is 5.56 Å². The third kappa shape index (κ3) is 3.04. The van der Waals surface area contributed by atoms with Crippen LogP contribution < -0.4 is 5.56 Å². The van der Waals surface area contributed by atoms with Crippen LogP contribution in [0, 0.1) is 5.92 Å². The fraction of sp³-hybridized carbons (Fsp3) is 0.533. The Labute approximate surface area is 132 Å². The zero-order valence-corrected chi connectivity index (χ0v) is 13.6. The fourth-order valence-corrected chi connectivity index (χ4v) is 3.68. The molecule has 6 nitrogen and oxygen atoms in total. The lowest BCUT2D eigenvalue weighted by molar-refractivity contribution is -0.149. The van der Waals surface area contributed by atoms with Crippen LogP contribution in [0.15, 0.2) is 22.0 Å². The highest BCUT2D eigenvalue weighted by atomic mass is 32.2. The first-order valence-corrected chi connectivity index (χ1v) is 8.21. The predicted molar refractivity (Wildman–Crippen MR) is 82.2 cm³/mol. The van der Waals surface area contributed by atoms with Gasteiger partial charge in [0, 0.05) is 11.8 Å². The van der Waals surface area contributed by atoms with Gasteiger partial charge in [0.2, 0.25) is 0 Å². The summed E-state index contributed by atoms with van der Waals surface area (Å²) in [5.74, 6) is -0.374. The van der Waals surface area contributed by atoms with Crippen molar-refractivity contribution in [2.24, 2.45) is 5.92 Å². The van der Waals surface area contributed by atoms with E-state index >= 15 is 0 Å². The van der Waals surface area contributed by atoms with E-state index in [1.807, 2.05) is 6.92 Å². The van der Waals surface area contributed by atoms with Crippen LogP contribution in [-0.4, -0.2) is 35.5 Å². The number of fused-ring (bicyclic) bond motifs is 1. The van der Waals surface area contributed by atoms with E-state index in [-0.39, 0.29) is 24.7 Å². The standard InChI is InChI=1S/C15H19NO5S/c1-4-20-14(18)10-6-7-11(17)16-12(15(19)21-5-2)9(3)8-22-13(10)16/h6-7,9,12H,4-5,8H2,1-3H3/t9-,12+/m1/s1. The summed E-state index contributed by atoms with van der Waals surface area (Å²) in [6.45, 7) is 5.83. The highest BCUT2D eigenvalue weighted by Gasteiger charge is 2.36. The highest BCUT2D eigenvalue weighted by molar-refractivity contribution is 7.99. The molecule has 0 spiro atoms. The van der Waals surface area contributed by atoms with Gasteiger partial charge in [-0.15, -0.1) is 11.8 Å². The number of esters is 2. The number of aromatic nitrogens is 1. The molecule has 2 heterocycles. The minimum Gasteiger partial charge on any atom is -0.464 e. The molecule has 1 aliphatic rings. The molecule has 2 atom stereocenters. The van der Waals surface area contributed by atoms with Crippen molar-refractivity contribution in [1.29, 1.82) is 0 Å². The predicted octanol–water partition coefficient (Wildman–Crippen LogP) is 1.87. The van der Waals surface area contributed by atoms with Crippen LogP contribution in [0.3, 0.4) is 0 Å². The van der Waals surface area contributed by atoms with Crippen LogP contribution in [0.4, 0.5) is 0 Å². The fourth-order valence-electron chi connectivity index (χ4n) is 2.43. The maximum absolute atomic E-state index is 12.3. The average Bonchev–Trinajstić information content (AvgIpc) is 2.48. The van der Waals surface area contributed by atoms with Crippen molar-refractivity contribution >= 4 is 23.7 Å². The number of thioether (sulfide) groups is 1. The number of carbonyl (C=O) groups excluding carboxylic acids is 2. The third-order valence-corrected chi connectivity index (χ3v) is 4.79. The molecule has 0 amide bonds. The highest BCUT2D eigenvalue weighted by Crippen LogP contribution is 2.36. The largest absolute Gasteiger partial charge is 0.464 e. The molecular formula is C15H19NO5S. The molecule has 0 aliphatic carbocycles. The van der Waals surface area contributed by atoms with Crippen LogP contribution in [0.25, 0.3) is 0 Å². The van der Waals surface area contributed by atoms with E-state index in [2.05, 4.69) is 0 Å². The normalized spacial score (nSPS) is 20.1. The molecule has 0 unspecified atom stereocenters. The number of ether oxygens (including phenoxy) is 2. The molecule has 0 fully saturated rings. The summed E-state index contributed by atoms with van der Waals surface area (Å²) in [5.41, 5.74) is -0.00667. The zero-order valence-electron chi connectivity index (χ0n) is 12.8. The van der Waals surface area contributed by atoms with Gasteiger partial charge in [-0.2, -0.15) is 0 Å². The number of pyridine rings is 1. The molecule has 120 valence electrons. The molecule has 22 heavy (non-hydrogen) atoms. The van der Waals surface area contributed by atoms with Gasteiger partial charge in [0.05, 0.1) is 23.8 Å². The molecule has 0 radical (unpaired) electrons. The van der Waals surface area contributed by atoms with E-state index in [1.54, 1.807) is 13.8 Å². The number of rotatable bonds is 4. The lowest BCUT2D eigenvalue weighted by Crippen LogP contribution is -2.40. The van der Waals surface area contributed by atoms with Crippen molar-refractivity contribution < 1.29 is 19.1 Å². The first kappa shape index (κ1) is 16.6. The van der Waals surface area contributed by atoms with E-state index in [1.165, 1.54) is 28.5 Å². The molecule has 1 aliphatic heterocycles. The molecule has 1 aromatic rings. The molecule has 0 aromatic carbocycles. The van der Waals surface area contributed by atoms with Gasteiger partial charge >= 0.3 is 11.9 Å². The first-order valence-electron chi connectivity index (χ1n) is 7.23. The van der Waals surface area contributed by atoms with Gasteiger partial charge in [-0.1, -0.05) is 6.92 Å². The van der Waals surface area contributed by atoms with Gasteiger partial charge in [-0.05, 0) is 25.8 Å². The van der Waals surface area contributed by atoms with E-state index in [9.17, 15) is 14.4 Å². The van der Waals surface area contributed by atoms with Gasteiger partial charge in [-0.3, -0.25) is 9.36 Å². The molecule has 1 aromatic heterocycles. The number of nitrogens with zero attached hydrogens (tertiary/aromatic N) is 1. The smallest absolute Gasteiger partial charge is 0.340 e. The minimum absolute atomic E-state index is 0.0632. The topological polar surface area (TPSA) is 74.6 Å². The molecular weight excluding hydrogens is 306 g/mol. The minimum atomic E-state index is -0.710. The van der Waals surface area contributed by atoms with E-state index in [4.69, 9.17) is 9.47 Å². The first-order chi connectivity index (χ1) is 10.5. The summed E-state index contributed by atoms with van der Waals surface area (Å²) < 4.78 is 11.5. The van der Waals surface area contributed by atoms with Gasteiger partial charge in [-0.25, -0.2) is 9.59 Å². The van der Waals surface area contributed by atoms with Crippen molar-refractivity contribution in [3.63, 3.8) is 0 Å².